The number of carbonyl (C=O) groups excluding carboxylic acids is 2. The fourth-order valence-corrected chi connectivity index (χ4v) is 3.21. The van der Waals surface area contributed by atoms with Crippen molar-refractivity contribution in [2.45, 2.75) is 25.9 Å². The molecule has 0 spiro atoms. The number of likely N-dealkylation sites (tertiary alicyclic amines) is 1. The fourth-order valence-electron chi connectivity index (χ4n) is 3.21. The van der Waals surface area contributed by atoms with Crippen LogP contribution in [0.4, 0.5) is 8.78 Å². The zero-order valence-electron chi connectivity index (χ0n) is 15.0. The summed E-state index contributed by atoms with van der Waals surface area (Å²) >= 11 is 0. The molecule has 1 fully saturated rings. The molecular weight excluding hydrogens is 352 g/mol. The summed E-state index contributed by atoms with van der Waals surface area (Å²) in [5, 5.41) is 0. The standard InChI is InChI=1S/C21H21F2NO3/c1-14(15-5-3-2-4-6-15)27-21(26)16-9-11-24(12-10-16)20(25)18-8-7-17(22)13-19(18)23/h2-8,13-14,16H,9-12H2,1H3. The smallest absolute Gasteiger partial charge is 0.309 e. The Morgan fingerprint density at radius 3 is 2.37 bits per heavy atom. The van der Waals surface area contributed by atoms with E-state index in [1.54, 1.807) is 0 Å². The summed E-state index contributed by atoms with van der Waals surface area (Å²) in [5.41, 5.74) is 0.764. The molecule has 3 rings (SSSR count). The summed E-state index contributed by atoms with van der Waals surface area (Å²) in [6.45, 7) is 2.48. The number of amides is 1. The molecule has 142 valence electrons. The van der Waals surface area contributed by atoms with Gasteiger partial charge in [-0.15, -0.1) is 0 Å². The Bertz CT molecular complexity index is 817. The Kier molecular flexibility index (Phi) is 5.84. The van der Waals surface area contributed by atoms with Crippen LogP contribution in [0, 0.1) is 17.6 Å². The van der Waals surface area contributed by atoms with Gasteiger partial charge in [-0.2, -0.15) is 0 Å². The van der Waals surface area contributed by atoms with Crippen LogP contribution in [0.1, 0.15) is 41.8 Å². The number of hydrogen-bond acceptors (Lipinski definition) is 3. The van der Waals surface area contributed by atoms with Gasteiger partial charge in [0.1, 0.15) is 17.7 Å². The number of nitrogens with zero attached hydrogens (tertiary/aromatic N) is 1. The number of esters is 1. The minimum atomic E-state index is -0.877. The molecule has 1 saturated heterocycles. The van der Waals surface area contributed by atoms with E-state index in [0.717, 1.165) is 17.7 Å². The lowest BCUT2D eigenvalue weighted by molar-refractivity contribution is -0.155. The Morgan fingerprint density at radius 2 is 1.74 bits per heavy atom. The topological polar surface area (TPSA) is 46.6 Å². The zero-order valence-corrected chi connectivity index (χ0v) is 15.0. The van der Waals surface area contributed by atoms with Crippen LogP contribution in [-0.2, 0) is 9.53 Å². The lowest BCUT2D eigenvalue weighted by Gasteiger charge is -2.31. The molecule has 0 aliphatic carbocycles. The Morgan fingerprint density at radius 1 is 1.07 bits per heavy atom. The van der Waals surface area contributed by atoms with Gasteiger partial charge in [-0.25, -0.2) is 8.78 Å². The highest BCUT2D eigenvalue weighted by atomic mass is 19.1. The molecule has 0 bridgehead atoms. The predicted octanol–water partition coefficient (Wildman–Crippen LogP) is 4.12. The average Bonchev–Trinajstić information content (AvgIpc) is 2.68. The van der Waals surface area contributed by atoms with Crippen LogP contribution in [0.3, 0.4) is 0 Å². The van der Waals surface area contributed by atoms with E-state index in [0.29, 0.717) is 32.0 Å². The second kappa shape index (κ2) is 8.29. The molecule has 27 heavy (non-hydrogen) atoms. The first-order chi connectivity index (χ1) is 13.0. The molecule has 0 aromatic heterocycles. The summed E-state index contributed by atoms with van der Waals surface area (Å²) in [5.74, 6) is -2.67. The molecular formula is C21H21F2NO3. The van der Waals surface area contributed by atoms with E-state index in [1.807, 2.05) is 37.3 Å². The monoisotopic (exact) mass is 373 g/mol. The van der Waals surface area contributed by atoms with Crippen LogP contribution in [0.2, 0.25) is 0 Å². The Labute approximate surface area is 156 Å². The van der Waals surface area contributed by atoms with Crippen molar-refractivity contribution in [3.8, 4) is 0 Å². The number of hydrogen-bond donors (Lipinski definition) is 0. The Balaban J connectivity index is 1.55. The third-order valence-electron chi connectivity index (χ3n) is 4.84. The maximum Gasteiger partial charge on any atom is 0.309 e. The van der Waals surface area contributed by atoms with Gasteiger partial charge >= 0.3 is 5.97 Å². The van der Waals surface area contributed by atoms with Gasteiger partial charge in [0.05, 0.1) is 11.5 Å². The molecule has 1 amide bonds. The van der Waals surface area contributed by atoms with E-state index < -0.39 is 17.5 Å². The van der Waals surface area contributed by atoms with Crippen LogP contribution in [0.15, 0.2) is 48.5 Å². The first-order valence-corrected chi connectivity index (χ1v) is 8.95. The molecule has 6 heteroatoms. The molecule has 1 heterocycles. The van der Waals surface area contributed by atoms with Crippen molar-refractivity contribution in [1.29, 1.82) is 0 Å². The third kappa shape index (κ3) is 4.51. The molecule has 0 radical (unpaired) electrons. The predicted molar refractivity (Wildman–Crippen MR) is 95.9 cm³/mol. The summed E-state index contributed by atoms with van der Waals surface area (Å²) in [6, 6.07) is 12.4. The van der Waals surface area contributed by atoms with Crippen LogP contribution in [0.5, 0.6) is 0 Å². The molecule has 1 aliphatic heterocycles. The summed E-state index contributed by atoms with van der Waals surface area (Å²) in [4.78, 5) is 26.3. The van der Waals surface area contributed by atoms with Crippen molar-refractivity contribution >= 4 is 11.9 Å². The van der Waals surface area contributed by atoms with E-state index in [2.05, 4.69) is 0 Å². The molecule has 2 aromatic rings. The SMILES string of the molecule is CC(OC(=O)C1CCN(C(=O)c2ccc(F)cc2F)CC1)c1ccccc1. The quantitative estimate of drug-likeness (QED) is 0.758. The van der Waals surface area contributed by atoms with Crippen molar-refractivity contribution in [2.75, 3.05) is 13.1 Å². The third-order valence-corrected chi connectivity index (χ3v) is 4.84. The summed E-state index contributed by atoms with van der Waals surface area (Å²) < 4.78 is 32.4. The molecule has 4 nitrogen and oxygen atoms in total. The molecule has 2 aromatic carbocycles. The van der Waals surface area contributed by atoms with Crippen molar-refractivity contribution in [2.24, 2.45) is 5.92 Å². The van der Waals surface area contributed by atoms with Crippen molar-refractivity contribution in [3.05, 3.63) is 71.3 Å². The van der Waals surface area contributed by atoms with Crippen molar-refractivity contribution < 1.29 is 23.1 Å². The first-order valence-electron chi connectivity index (χ1n) is 8.95. The van der Waals surface area contributed by atoms with Crippen LogP contribution in [-0.4, -0.2) is 29.9 Å². The minimum Gasteiger partial charge on any atom is -0.458 e. The second-order valence-corrected chi connectivity index (χ2v) is 6.68. The lowest BCUT2D eigenvalue weighted by Crippen LogP contribution is -2.41. The zero-order chi connectivity index (χ0) is 19.4. The van der Waals surface area contributed by atoms with E-state index in [9.17, 15) is 18.4 Å². The minimum absolute atomic E-state index is 0.157. The van der Waals surface area contributed by atoms with Gasteiger partial charge in [-0.1, -0.05) is 30.3 Å². The first kappa shape index (κ1) is 19.0. The van der Waals surface area contributed by atoms with Gasteiger partial charge < -0.3 is 9.64 Å². The number of rotatable bonds is 4. The van der Waals surface area contributed by atoms with Crippen molar-refractivity contribution in [3.63, 3.8) is 0 Å². The molecule has 0 N–H and O–H groups in total. The van der Waals surface area contributed by atoms with Gasteiger partial charge in [0.15, 0.2) is 0 Å². The van der Waals surface area contributed by atoms with Crippen molar-refractivity contribution in [1.82, 2.24) is 4.90 Å². The highest BCUT2D eigenvalue weighted by molar-refractivity contribution is 5.94. The highest BCUT2D eigenvalue weighted by Gasteiger charge is 2.30. The van der Waals surface area contributed by atoms with E-state index in [4.69, 9.17) is 4.74 Å². The number of ether oxygens (including phenoxy) is 1. The van der Waals surface area contributed by atoms with E-state index in [-0.39, 0.29) is 23.6 Å². The summed E-state index contributed by atoms with van der Waals surface area (Å²) in [7, 11) is 0. The number of carbonyl (C=O) groups is 2. The number of benzene rings is 2. The second-order valence-electron chi connectivity index (χ2n) is 6.68. The average molecular weight is 373 g/mol. The van der Waals surface area contributed by atoms with Gasteiger partial charge in [0, 0.05) is 19.2 Å². The van der Waals surface area contributed by atoms with Gasteiger partial charge in [0.2, 0.25) is 0 Å². The largest absolute Gasteiger partial charge is 0.458 e. The van der Waals surface area contributed by atoms with Crippen LogP contribution < -0.4 is 0 Å². The maximum absolute atomic E-state index is 13.8. The van der Waals surface area contributed by atoms with Gasteiger partial charge in [-0.05, 0) is 37.5 Å². The molecule has 0 saturated carbocycles. The normalized spacial score (nSPS) is 16.0. The van der Waals surface area contributed by atoms with E-state index >= 15 is 0 Å². The van der Waals surface area contributed by atoms with Crippen LogP contribution in [0.25, 0.3) is 0 Å². The number of piperidine rings is 1. The highest BCUT2D eigenvalue weighted by Crippen LogP contribution is 2.24. The fraction of sp³-hybridized carbons (Fsp3) is 0.333. The lowest BCUT2D eigenvalue weighted by atomic mass is 9.96. The summed E-state index contributed by atoms with van der Waals surface area (Å²) in [6.07, 6.45) is 0.565. The van der Waals surface area contributed by atoms with Gasteiger partial charge in [-0.3, -0.25) is 9.59 Å². The maximum atomic E-state index is 13.8. The molecule has 1 aliphatic rings. The Hall–Kier alpha value is -2.76. The van der Waals surface area contributed by atoms with Crippen LogP contribution >= 0.6 is 0 Å². The molecule has 1 unspecified atom stereocenters. The number of halogens is 2. The van der Waals surface area contributed by atoms with E-state index in [1.165, 1.54) is 4.90 Å². The molecule has 1 atom stereocenters. The van der Waals surface area contributed by atoms with Gasteiger partial charge in [0.25, 0.3) is 5.91 Å².